The second-order valence-electron chi connectivity index (χ2n) is 5.83. The topological polar surface area (TPSA) is 84.2 Å². The van der Waals surface area contributed by atoms with Gasteiger partial charge in [0.25, 0.3) is 0 Å². The summed E-state index contributed by atoms with van der Waals surface area (Å²) in [4.78, 5) is 28.1. The average molecular weight is 337 g/mol. The van der Waals surface area contributed by atoms with Gasteiger partial charge < -0.3 is 15.1 Å². The van der Waals surface area contributed by atoms with Crippen LogP contribution in [0.15, 0.2) is 52.9 Å². The molecule has 25 heavy (non-hydrogen) atoms. The third kappa shape index (κ3) is 4.23. The minimum atomic E-state index is -0.378. The van der Waals surface area contributed by atoms with Crippen molar-refractivity contribution in [3.05, 3.63) is 60.0 Å². The van der Waals surface area contributed by atoms with Crippen LogP contribution in [0, 0.1) is 6.92 Å². The lowest BCUT2D eigenvalue weighted by molar-refractivity contribution is -0.120. The summed E-state index contributed by atoms with van der Waals surface area (Å²) in [5.41, 5.74) is 2.89. The predicted molar refractivity (Wildman–Crippen MR) is 95.0 cm³/mol. The highest BCUT2D eigenvalue weighted by molar-refractivity contribution is 5.93. The summed E-state index contributed by atoms with van der Waals surface area (Å²) >= 11 is 0. The van der Waals surface area contributed by atoms with Gasteiger partial charge in [-0.2, -0.15) is 0 Å². The molecule has 1 aromatic heterocycles. The van der Waals surface area contributed by atoms with E-state index in [9.17, 15) is 9.59 Å². The molecule has 3 rings (SSSR count). The molecule has 0 saturated carbocycles. The van der Waals surface area contributed by atoms with E-state index in [1.807, 2.05) is 30.3 Å². The van der Waals surface area contributed by atoms with Crippen LogP contribution >= 0.6 is 0 Å². The molecule has 0 saturated heterocycles. The number of fused-ring (bicyclic) bond motifs is 1. The lowest BCUT2D eigenvalue weighted by Crippen LogP contribution is -2.29. The van der Waals surface area contributed by atoms with Gasteiger partial charge in [-0.05, 0) is 23.8 Å². The van der Waals surface area contributed by atoms with Gasteiger partial charge in [0, 0.05) is 19.5 Å². The Bertz CT molecular complexity index is 903. The number of amides is 2. The van der Waals surface area contributed by atoms with Gasteiger partial charge >= 0.3 is 0 Å². The molecular formula is C19H19N3O3. The highest BCUT2D eigenvalue weighted by Gasteiger charge is 2.17. The Morgan fingerprint density at radius 2 is 1.92 bits per heavy atom. The number of oxazole rings is 1. The number of aryl methyl sites for hydroxylation is 1. The van der Waals surface area contributed by atoms with Gasteiger partial charge in [-0.1, -0.05) is 30.3 Å². The van der Waals surface area contributed by atoms with Crippen molar-refractivity contribution in [3.63, 3.8) is 0 Å². The minimum absolute atomic E-state index is 0.138. The van der Waals surface area contributed by atoms with Gasteiger partial charge in [-0.15, -0.1) is 0 Å². The fourth-order valence-corrected chi connectivity index (χ4v) is 2.70. The van der Waals surface area contributed by atoms with Crippen molar-refractivity contribution in [2.24, 2.45) is 0 Å². The number of nitrogens with zero attached hydrogens (tertiary/aromatic N) is 1. The summed E-state index contributed by atoms with van der Waals surface area (Å²) < 4.78 is 5.42. The molecule has 0 aliphatic rings. The molecule has 2 N–H and O–H groups in total. The first-order valence-corrected chi connectivity index (χ1v) is 8.00. The van der Waals surface area contributed by atoms with E-state index in [4.69, 9.17) is 4.42 Å². The first kappa shape index (κ1) is 16.7. The second kappa shape index (κ2) is 7.17. The summed E-state index contributed by atoms with van der Waals surface area (Å²) in [6, 6.07) is 14.3. The van der Waals surface area contributed by atoms with Crippen LogP contribution in [0.3, 0.4) is 0 Å². The molecule has 0 aliphatic heterocycles. The summed E-state index contributed by atoms with van der Waals surface area (Å²) in [5.74, 6) is 0.205. The predicted octanol–water partition coefficient (Wildman–Crippen LogP) is 3.34. The zero-order valence-corrected chi connectivity index (χ0v) is 14.1. The van der Waals surface area contributed by atoms with Crippen molar-refractivity contribution in [3.8, 4) is 0 Å². The van der Waals surface area contributed by atoms with Gasteiger partial charge in [-0.3, -0.25) is 9.59 Å². The van der Waals surface area contributed by atoms with Gasteiger partial charge in [0.05, 0.1) is 12.5 Å². The first-order chi connectivity index (χ1) is 12.0. The maximum Gasteiger partial charge on any atom is 0.226 e. The molecule has 2 aromatic carbocycles. The maximum absolute atomic E-state index is 12.4. The summed E-state index contributed by atoms with van der Waals surface area (Å²) in [5, 5.41) is 5.66. The van der Waals surface area contributed by atoms with E-state index in [2.05, 4.69) is 15.6 Å². The number of rotatable bonds is 5. The highest BCUT2D eigenvalue weighted by atomic mass is 16.3. The fraction of sp³-hybridized carbons (Fsp3) is 0.211. The number of carbonyl (C=O) groups is 2. The summed E-state index contributed by atoms with van der Waals surface area (Å²) in [6.45, 7) is 3.21. The fourth-order valence-electron chi connectivity index (χ4n) is 2.70. The molecule has 3 aromatic rings. The third-order valence-corrected chi connectivity index (χ3v) is 3.75. The monoisotopic (exact) mass is 337 g/mol. The number of aromatic nitrogens is 1. The summed E-state index contributed by atoms with van der Waals surface area (Å²) in [7, 11) is 0. The summed E-state index contributed by atoms with van der Waals surface area (Å²) in [6.07, 6.45) is 0.138. The molecule has 128 valence electrons. The van der Waals surface area contributed by atoms with E-state index in [0.717, 1.165) is 5.56 Å². The molecule has 6 nitrogen and oxygen atoms in total. The van der Waals surface area contributed by atoms with E-state index in [0.29, 0.717) is 22.7 Å². The van der Waals surface area contributed by atoms with Crippen LogP contribution in [0.1, 0.15) is 30.8 Å². The lowest BCUT2D eigenvalue weighted by Gasteiger charge is -2.18. The lowest BCUT2D eigenvalue weighted by atomic mass is 10.0. The van der Waals surface area contributed by atoms with Gasteiger partial charge in [0.15, 0.2) is 11.5 Å². The zero-order chi connectivity index (χ0) is 17.8. The number of benzene rings is 2. The van der Waals surface area contributed by atoms with Crippen molar-refractivity contribution in [1.82, 2.24) is 10.3 Å². The Labute approximate surface area is 145 Å². The molecule has 0 fully saturated rings. The Balaban J connectivity index is 1.72. The van der Waals surface area contributed by atoms with E-state index in [-0.39, 0.29) is 24.3 Å². The number of carbonyl (C=O) groups excluding carboxylic acids is 2. The third-order valence-electron chi connectivity index (χ3n) is 3.75. The first-order valence-electron chi connectivity index (χ1n) is 8.00. The van der Waals surface area contributed by atoms with Crippen molar-refractivity contribution in [1.29, 1.82) is 0 Å². The highest BCUT2D eigenvalue weighted by Crippen LogP contribution is 2.21. The Morgan fingerprint density at radius 3 is 2.64 bits per heavy atom. The molecule has 1 atom stereocenters. The van der Waals surface area contributed by atoms with Crippen molar-refractivity contribution < 1.29 is 14.0 Å². The molecule has 0 radical (unpaired) electrons. The van der Waals surface area contributed by atoms with Crippen LogP contribution in [0.2, 0.25) is 0 Å². The van der Waals surface area contributed by atoms with Crippen LogP contribution in [-0.4, -0.2) is 16.8 Å². The molecule has 0 unspecified atom stereocenters. The van der Waals surface area contributed by atoms with E-state index in [1.54, 1.807) is 25.1 Å². The van der Waals surface area contributed by atoms with Crippen LogP contribution in [0.4, 0.5) is 5.69 Å². The van der Waals surface area contributed by atoms with Gasteiger partial charge in [0.1, 0.15) is 5.52 Å². The van der Waals surface area contributed by atoms with Gasteiger partial charge in [0.2, 0.25) is 11.8 Å². The molecule has 0 aliphatic carbocycles. The maximum atomic E-state index is 12.4. The molecule has 1 heterocycles. The Morgan fingerprint density at radius 1 is 1.16 bits per heavy atom. The zero-order valence-electron chi connectivity index (χ0n) is 14.1. The molecule has 0 spiro atoms. The Hall–Kier alpha value is -3.15. The van der Waals surface area contributed by atoms with Crippen LogP contribution in [0.5, 0.6) is 0 Å². The quantitative estimate of drug-likeness (QED) is 0.748. The van der Waals surface area contributed by atoms with Crippen molar-refractivity contribution >= 4 is 28.6 Å². The van der Waals surface area contributed by atoms with E-state index >= 15 is 0 Å². The Kier molecular flexibility index (Phi) is 4.79. The molecule has 6 heteroatoms. The van der Waals surface area contributed by atoms with Gasteiger partial charge in [-0.25, -0.2) is 4.98 Å². The smallest absolute Gasteiger partial charge is 0.226 e. The number of nitrogens with one attached hydrogen (secondary N) is 2. The largest absolute Gasteiger partial charge is 0.441 e. The SMILES string of the molecule is CC(=O)N[C@H](CC(=O)Nc1ccc2oc(C)nc2c1)c1ccccc1. The number of hydrogen-bond donors (Lipinski definition) is 2. The molecular weight excluding hydrogens is 318 g/mol. The number of hydrogen-bond acceptors (Lipinski definition) is 4. The molecule has 2 amide bonds. The molecule has 0 bridgehead atoms. The van der Waals surface area contributed by atoms with Crippen molar-refractivity contribution in [2.75, 3.05) is 5.32 Å². The average Bonchev–Trinajstić information content (AvgIpc) is 2.94. The van der Waals surface area contributed by atoms with Crippen LogP contribution < -0.4 is 10.6 Å². The van der Waals surface area contributed by atoms with Crippen LogP contribution in [-0.2, 0) is 9.59 Å². The van der Waals surface area contributed by atoms with Crippen molar-refractivity contribution in [2.45, 2.75) is 26.3 Å². The van der Waals surface area contributed by atoms with E-state index in [1.165, 1.54) is 6.92 Å². The second-order valence-corrected chi connectivity index (χ2v) is 5.83. The normalized spacial score (nSPS) is 11.9. The standard InChI is InChI=1S/C19H19N3O3/c1-12(23)20-16(14-6-4-3-5-7-14)11-19(24)22-15-8-9-18-17(10-15)21-13(2)25-18/h3-10,16H,11H2,1-2H3,(H,20,23)(H,22,24)/t16-/m1/s1. The van der Waals surface area contributed by atoms with Crippen LogP contribution in [0.25, 0.3) is 11.1 Å². The number of anilines is 1. The minimum Gasteiger partial charge on any atom is -0.441 e. The van der Waals surface area contributed by atoms with E-state index < -0.39 is 0 Å².